The normalized spacial score (nSPS) is 20.3. The highest BCUT2D eigenvalue weighted by Crippen LogP contribution is 2.27. The maximum Gasteiger partial charge on any atom is 0.224 e. The van der Waals surface area contributed by atoms with E-state index in [-0.39, 0.29) is 12.0 Å². The number of amides is 1. The lowest BCUT2D eigenvalue weighted by Crippen LogP contribution is -2.40. The highest BCUT2D eigenvalue weighted by Gasteiger charge is 2.25. The minimum absolute atomic E-state index is 0.0200. The van der Waals surface area contributed by atoms with Crippen molar-refractivity contribution in [2.75, 3.05) is 26.2 Å². The first kappa shape index (κ1) is 20.9. The molecule has 0 aromatic heterocycles. The number of benzene rings is 2. The van der Waals surface area contributed by atoms with E-state index in [1.807, 2.05) is 17.9 Å². The highest BCUT2D eigenvalue weighted by molar-refractivity contribution is 5.76. The standard InChI is InChI=1S/C26H34N2O2/c1-20-8-9-25-24(16-20)19-28(18-21(2)30-25)26(29)12-15-27-13-10-23(11-14-27)17-22-6-4-3-5-7-22/h3-9,16,21,23H,10-15,17-19H2,1-2H3/t21-/m0/s1. The fourth-order valence-corrected chi connectivity index (χ4v) is 4.74. The Kier molecular flexibility index (Phi) is 6.73. The minimum Gasteiger partial charge on any atom is -0.489 e. The van der Waals surface area contributed by atoms with Gasteiger partial charge in [0.1, 0.15) is 11.9 Å². The summed E-state index contributed by atoms with van der Waals surface area (Å²) in [6.07, 6.45) is 4.25. The van der Waals surface area contributed by atoms with Crippen molar-refractivity contribution in [2.45, 2.75) is 52.2 Å². The third-order valence-electron chi connectivity index (χ3n) is 6.45. The van der Waals surface area contributed by atoms with Crippen molar-refractivity contribution in [3.05, 3.63) is 65.2 Å². The molecular formula is C26H34N2O2. The van der Waals surface area contributed by atoms with Gasteiger partial charge in [-0.1, -0.05) is 48.0 Å². The zero-order valence-corrected chi connectivity index (χ0v) is 18.3. The number of hydrogen-bond acceptors (Lipinski definition) is 3. The van der Waals surface area contributed by atoms with Crippen LogP contribution >= 0.6 is 0 Å². The maximum atomic E-state index is 13.0. The smallest absolute Gasteiger partial charge is 0.224 e. The van der Waals surface area contributed by atoms with Crippen LogP contribution in [-0.4, -0.2) is 48.0 Å². The van der Waals surface area contributed by atoms with Crippen LogP contribution in [0.15, 0.2) is 48.5 Å². The van der Waals surface area contributed by atoms with E-state index in [0.29, 0.717) is 19.5 Å². The molecule has 1 amide bonds. The van der Waals surface area contributed by atoms with Gasteiger partial charge in [-0.15, -0.1) is 0 Å². The van der Waals surface area contributed by atoms with Crippen LogP contribution in [0.3, 0.4) is 0 Å². The van der Waals surface area contributed by atoms with Gasteiger partial charge in [0.25, 0.3) is 0 Å². The zero-order chi connectivity index (χ0) is 20.9. The number of ether oxygens (including phenoxy) is 1. The molecule has 0 saturated carbocycles. The molecule has 2 aromatic rings. The van der Waals surface area contributed by atoms with Crippen LogP contribution in [0.2, 0.25) is 0 Å². The summed E-state index contributed by atoms with van der Waals surface area (Å²) < 4.78 is 6.04. The molecule has 0 aliphatic carbocycles. The number of carbonyl (C=O) groups excluding carboxylic acids is 1. The molecule has 4 heteroatoms. The Bertz CT molecular complexity index is 843. The summed E-state index contributed by atoms with van der Waals surface area (Å²) in [5.41, 5.74) is 3.77. The Morgan fingerprint density at radius 1 is 1.10 bits per heavy atom. The Morgan fingerprint density at radius 2 is 1.87 bits per heavy atom. The molecule has 2 aliphatic rings. The molecule has 1 saturated heterocycles. The van der Waals surface area contributed by atoms with Crippen molar-refractivity contribution in [1.82, 2.24) is 9.80 Å². The number of nitrogens with zero attached hydrogens (tertiary/aromatic N) is 2. The second-order valence-corrected chi connectivity index (χ2v) is 9.04. The largest absolute Gasteiger partial charge is 0.489 e. The molecule has 0 spiro atoms. The molecule has 2 aliphatic heterocycles. The van der Waals surface area contributed by atoms with Gasteiger partial charge >= 0.3 is 0 Å². The molecule has 30 heavy (non-hydrogen) atoms. The summed E-state index contributed by atoms with van der Waals surface area (Å²) in [4.78, 5) is 17.4. The summed E-state index contributed by atoms with van der Waals surface area (Å²) in [5, 5.41) is 0. The van der Waals surface area contributed by atoms with Gasteiger partial charge in [-0.05, 0) is 63.7 Å². The van der Waals surface area contributed by atoms with E-state index in [0.717, 1.165) is 36.9 Å². The molecule has 160 valence electrons. The second kappa shape index (κ2) is 9.65. The lowest BCUT2D eigenvalue weighted by atomic mass is 9.90. The van der Waals surface area contributed by atoms with Gasteiger partial charge in [0, 0.05) is 25.1 Å². The van der Waals surface area contributed by atoms with Crippen LogP contribution in [0.4, 0.5) is 0 Å². The topological polar surface area (TPSA) is 32.8 Å². The number of hydrogen-bond donors (Lipinski definition) is 0. The summed E-state index contributed by atoms with van der Waals surface area (Å²) in [7, 11) is 0. The summed E-state index contributed by atoms with van der Waals surface area (Å²) in [5.74, 6) is 1.93. The SMILES string of the molecule is Cc1ccc2c(c1)CN(C(=O)CCN1CCC(Cc3ccccc3)CC1)C[C@H](C)O2. The quantitative estimate of drug-likeness (QED) is 0.735. The molecule has 0 bridgehead atoms. The van der Waals surface area contributed by atoms with Gasteiger partial charge in [0.05, 0.1) is 6.54 Å². The number of fused-ring (bicyclic) bond motifs is 1. The number of aryl methyl sites for hydroxylation is 1. The van der Waals surface area contributed by atoms with E-state index < -0.39 is 0 Å². The average Bonchev–Trinajstić information content (AvgIpc) is 2.91. The summed E-state index contributed by atoms with van der Waals surface area (Å²) in [6.45, 7) is 8.52. The molecule has 2 heterocycles. The van der Waals surface area contributed by atoms with Gasteiger partial charge in [-0.25, -0.2) is 0 Å². The van der Waals surface area contributed by atoms with Crippen molar-refractivity contribution in [1.29, 1.82) is 0 Å². The van der Waals surface area contributed by atoms with E-state index in [4.69, 9.17) is 4.74 Å². The fraction of sp³-hybridized carbons (Fsp3) is 0.500. The minimum atomic E-state index is 0.0200. The van der Waals surface area contributed by atoms with Crippen LogP contribution in [-0.2, 0) is 17.8 Å². The lowest BCUT2D eigenvalue weighted by molar-refractivity contribution is -0.133. The van der Waals surface area contributed by atoms with E-state index in [9.17, 15) is 4.79 Å². The average molecular weight is 407 g/mol. The van der Waals surface area contributed by atoms with Gasteiger partial charge in [0.15, 0.2) is 0 Å². The first-order valence-electron chi connectivity index (χ1n) is 11.4. The molecule has 1 atom stereocenters. The van der Waals surface area contributed by atoms with Gasteiger partial charge in [-0.2, -0.15) is 0 Å². The van der Waals surface area contributed by atoms with E-state index >= 15 is 0 Å². The van der Waals surface area contributed by atoms with Crippen molar-refractivity contribution >= 4 is 5.91 Å². The molecule has 4 nitrogen and oxygen atoms in total. The molecule has 2 aromatic carbocycles. The maximum absolute atomic E-state index is 13.0. The number of likely N-dealkylation sites (tertiary alicyclic amines) is 1. The molecule has 0 radical (unpaired) electrons. The Labute approximate surface area is 180 Å². The van der Waals surface area contributed by atoms with Gasteiger partial charge < -0.3 is 14.5 Å². The molecule has 4 rings (SSSR count). The Balaban J connectivity index is 1.26. The van der Waals surface area contributed by atoms with Crippen LogP contribution in [0, 0.1) is 12.8 Å². The molecular weight excluding hydrogens is 372 g/mol. The number of carbonyl (C=O) groups is 1. The van der Waals surface area contributed by atoms with E-state index in [1.165, 1.54) is 30.4 Å². The predicted molar refractivity (Wildman–Crippen MR) is 121 cm³/mol. The van der Waals surface area contributed by atoms with Gasteiger partial charge in [-0.3, -0.25) is 4.79 Å². The zero-order valence-electron chi connectivity index (χ0n) is 18.3. The van der Waals surface area contributed by atoms with Crippen LogP contribution < -0.4 is 4.74 Å². The van der Waals surface area contributed by atoms with Crippen LogP contribution in [0.5, 0.6) is 5.75 Å². The first-order valence-corrected chi connectivity index (χ1v) is 11.4. The van der Waals surface area contributed by atoms with Crippen LogP contribution in [0.1, 0.15) is 42.9 Å². The van der Waals surface area contributed by atoms with Crippen molar-refractivity contribution < 1.29 is 9.53 Å². The second-order valence-electron chi connectivity index (χ2n) is 9.04. The lowest BCUT2D eigenvalue weighted by Gasteiger charge is -2.32. The summed E-state index contributed by atoms with van der Waals surface area (Å²) in [6, 6.07) is 17.1. The van der Waals surface area contributed by atoms with E-state index in [2.05, 4.69) is 54.3 Å². The first-order chi connectivity index (χ1) is 14.6. The Hall–Kier alpha value is -2.33. The number of rotatable bonds is 5. The van der Waals surface area contributed by atoms with Crippen LogP contribution in [0.25, 0.3) is 0 Å². The van der Waals surface area contributed by atoms with Crippen molar-refractivity contribution in [3.63, 3.8) is 0 Å². The van der Waals surface area contributed by atoms with Crippen molar-refractivity contribution in [2.24, 2.45) is 5.92 Å². The number of piperidine rings is 1. The summed E-state index contributed by atoms with van der Waals surface area (Å²) >= 11 is 0. The van der Waals surface area contributed by atoms with Gasteiger partial charge in [0.2, 0.25) is 5.91 Å². The third kappa shape index (κ3) is 5.42. The Morgan fingerprint density at radius 3 is 2.63 bits per heavy atom. The fourth-order valence-electron chi connectivity index (χ4n) is 4.74. The monoisotopic (exact) mass is 406 g/mol. The molecule has 0 unspecified atom stereocenters. The highest BCUT2D eigenvalue weighted by atomic mass is 16.5. The predicted octanol–water partition coefficient (Wildman–Crippen LogP) is 4.45. The van der Waals surface area contributed by atoms with Crippen molar-refractivity contribution in [3.8, 4) is 5.75 Å². The molecule has 1 fully saturated rings. The van der Waals surface area contributed by atoms with E-state index in [1.54, 1.807) is 0 Å². The molecule has 0 N–H and O–H groups in total. The third-order valence-corrected chi connectivity index (χ3v) is 6.45.